The summed E-state index contributed by atoms with van der Waals surface area (Å²) in [6, 6.07) is 0. The summed E-state index contributed by atoms with van der Waals surface area (Å²) in [4.78, 5) is 19.0. The molecule has 0 bridgehead atoms. The Bertz CT molecular complexity index is 639. The van der Waals surface area contributed by atoms with Gasteiger partial charge in [-0.15, -0.1) is 24.0 Å². The summed E-state index contributed by atoms with van der Waals surface area (Å²) in [7, 11) is 1.89. The minimum absolute atomic E-state index is 0. The topological polar surface area (TPSA) is 63.1 Å². The van der Waals surface area contributed by atoms with Crippen LogP contribution < -0.4 is 10.2 Å². The number of aromatic nitrogens is 2. The number of nitrogens with one attached hydrogen (secondary N) is 1. The average molecular weight is 551 g/mol. The Morgan fingerprint density at radius 2 is 1.73 bits per heavy atom. The number of anilines is 1. The molecular weight excluding hydrogens is 511 g/mol. The lowest BCUT2D eigenvalue weighted by atomic mass is 10.1. The van der Waals surface area contributed by atoms with E-state index in [0.717, 1.165) is 62.6 Å². The van der Waals surface area contributed by atoms with Gasteiger partial charge in [0.1, 0.15) is 5.82 Å². The first-order chi connectivity index (χ1) is 14.1. The molecule has 2 saturated heterocycles. The SMILES string of the molecule is CCc1nsc(N2CCN(C(=NC)NCC(C)CN3CCN(CC)CC3)CC2)n1.I. The number of rotatable bonds is 7. The predicted octanol–water partition coefficient (Wildman–Crippen LogP) is 1.69. The van der Waals surface area contributed by atoms with Crippen LogP contribution in [0.5, 0.6) is 0 Å². The zero-order chi connectivity index (χ0) is 20.6. The molecule has 1 unspecified atom stereocenters. The summed E-state index contributed by atoms with van der Waals surface area (Å²) in [6.07, 6.45) is 0.902. The Morgan fingerprint density at radius 3 is 2.30 bits per heavy atom. The zero-order valence-corrected chi connectivity index (χ0v) is 22.2. The zero-order valence-electron chi connectivity index (χ0n) is 19.0. The number of nitrogens with zero attached hydrogens (tertiary/aromatic N) is 7. The van der Waals surface area contributed by atoms with Gasteiger partial charge in [0.05, 0.1) is 0 Å². The van der Waals surface area contributed by atoms with Crippen LogP contribution in [-0.2, 0) is 6.42 Å². The second-order valence-corrected chi connectivity index (χ2v) is 8.82. The predicted molar refractivity (Wildman–Crippen MR) is 138 cm³/mol. The molecule has 10 heteroatoms. The highest BCUT2D eigenvalue weighted by molar-refractivity contribution is 14.0. The summed E-state index contributed by atoms with van der Waals surface area (Å²) >= 11 is 1.52. The first-order valence-electron chi connectivity index (χ1n) is 11.1. The van der Waals surface area contributed by atoms with Gasteiger partial charge in [0.25, 0.3) is 0 Å². The molecule has 30 heavy (non-hydrogen) atoms. The van der Waals surface area contributed by atoms with E-state index in [0.29, 0.717) is 5.92 Å². The van der Waals surface area contributed by atoms with Crippen molar-refractivity contribution < 1.29 is 0 Å². The Hall–Kier alpha value is -0.720. The molecule has 1 atom stereocenters. The fourth-order valence-electron chi connectivity index (χ4n) is 4.02. The van der Waals surface area contributed by atoms with Crippen molar-refractivity contribution in [3.63, 3.8) is 0 Å². The molecule has 2 aliphatic rings. The monoisotopic (exact) mass is 550 g/mol. The van der Waals surface area contributed by atoms with Gasteiger partial charge in [0.2, 0.25) is 5.13 Å². The quantitative estimate of drug-likeness (QED) is 0.315. The molecule has 1 N–H and O–H groups in total. The maximum Gasteiger partial charge on any atom is 0.205 e. The second-order valence-electron chi connectivity index (χ2n) is 8.09. The van der Waals surface area contributed by atoms with Crippen LogP contribution in [0.2, 0.25) is 0 Å². The normalized spacial score (nSPS) is 20.2. The van der Waals surface area contributed by atoms with E-state index in [1.54, 1.807) is 0 Å². The van der Waals surface area contributed by atoms with Crippen molar-refractivity contribution in [3.8, 4) is 0 Å². The number of hydrogen-bond acceptors (Lipinski definition) is 7. The van der Waals surface area contributed by atoms with Crippen molar-refractivity contribution in [2.75, 3.05) is 83.9 Å². The van der Waals surface area contributed by atoms with Crippen LogP contribution in [0.4, 0.5) is 5.13 Å². The summed E-state index contributed by atoms with van der Waals surface area (Å²) in [5, 5.41) is 4.67. The van der Waals surface area contributed by atoms with Gasteiger partial charge in [-0.25, -0.2) is 4.98 Å². The van der Waals surface area contributed by atoms with Crippen LogP contribution in [-0.4, -0.2) is 109 Å². The number of halogens is 1. The highest BCUT2D eigenvalue weighted by Gasteiger charge is 2.23. The molecule has 8 nitrogen and oxygen atoms in total. The van der Waals surface area contributed by atoms with Crippen molar-refractivity contribution in [2.45, 2.75) is 27.2 Å². The Balaban J connectivity index is 0.00000320. The number of hydrogen-bond donors (Lipinski definition) is 1. The maximum atomic E-state index is 4.63. The molecule has 0 spiro atoms. The Labute approximate surface area is 203 Å². The number of aliphatic imine (C=N–C) groups is 1. The number of aryl methyl sites for hydroxylation is 1. The van der Waals surface area contributed by atoms with E-state index in [1.165, 1.54) is 44.3 Å². The summed E-state index contributed by atoms with van der Waals surface area (Å²) in [5.74, 6) is 2.59. The standard InChI is InChI=1S/C20H38N8S.HI/c1-5-18-23-20(29-24-18)28-13-11-27(12-14-28)19(21-4)22-15-17(3)16-26-9-7-25(6-2)8-10-26;/h17H,5-16H2,1-4H3,(H,21,22);1H. The fraction of sp³-hybridized carbons (Fsp3) is 0.850. The van der Waals surface area contributed by atoms with Crippen molar-refractivity contribution in [2.24, 2.45) is 10.9 Å². The van der Waals surface area contributed by atoms with Crippen LogP contribution in [0.15, 0.2) is 4.99 Å². The van der Waals surface area contributed by atoms with Crippen molar-refractivity contribution in [1.29, 1.82) is 0 Å². The maximum absolute atomic E-state index is 4.63. The smallest absolute Gasteiger partial charge is 0.205 e. The molecule has 0 aliphatic carbocycles. The van der Waals surface area contributed by atoms with Crippen LogP contribution in [0.3, 0.4) is 0 Å². The molecule has 3 heterocycles. The Morgan fingerprint density at radius 1 is 1.07 bits per heavy atom. The van der Waals surface area contributed by atoms with E-state index in [2.05, 4.69) is 60.0 Å². The summed E-state index contributed by atoms with van der Waals surface area (Å²) in [6.45, 7) is 18.7. The van der Waals surface area contributed by atoms with E-state index in [9.17, 15) is 0 Å². The van der Waals surface area contributed by atoms with Crippen molar-refractivity contribution in [1.82, 2.24) is 29.4 Å². The molecule has 2 aliphatic heterocycles. The molecule has 0 saturated carbocycles. The molecule has 0 radical (unpaired) electrons. The van der Waals surface area contributed by atoms with Gasteiger partial charge >= 0.3 is 0 Å². The van der Waals surface area contributed by atoms with Gasteiger partial charge in [0, 0.05) is 90.4 Å². The third-order valence-electron chi connectivity index (χ3n) is 5.93. The molecule has 0 amide bonds. The van der Waals surface area contributed by atoms with Crippen LogP contribution >= 0.6 is 35.5 Å². The molecule has 1 aromatic heterocycles. The summed E-state index contributed by atoms with van der Waals surface area (Å²) in [5.41, 5.74) is 0. The number of piperazine rings is 2. The highest BCUT2D eigenvalue weighted by atomic mass is 127. The lowest BCUT2D eigenvalue weighted by molar-refractivity contribution is 0.124. The largest absolute Gasteiger partial charge is 0.356 e. The van der Waals surface area contributed by atoms with Gasteiger partial charge in [-0.2, -0.15) is 4.37 Å². The van der Waals surface area contributed by atoms with E-state index < -0.39 is 0 Å². The second kappa shape index (κ2) is 13.0. The molecule has 0 aromatic carbocycles. The fourth-order valence-corrected chi connectivity index (χ4v) is 4.82. The lowest BCUT2D eigenvalue weighted by Gasteiger charge is -2.37. The number of guanidine groups is 1. The number of likely N-dealkylation sites (N-methyl/N-ethyl adjacent to an activating group) is 1. The van der Waals surface area contributed by atoms with E-state index in [4.69, 9.17) is 0 Å². The van der Waals surface area contributed by atoms with Gasteiger partial charge in [0.15, 0.2) is 5.96 Å². The van der Waals surface area contributed by atoms with Crippen LogP contribution in [0, 0.1) is 5.92 Å². The minimum Gasteiger partial charge on any atom is -0.356 e. The summed E-state index contributed by atoms with van der Waals surface area (Å²) < 4.78 is 4.42. The minimum atomic E-state index is 0. The Kier molecular flexibility index (Phi) is 11.0. The van der Waals surface area contributed by atoms with Gasteiger partial charge < -0.3 is 24.9 Å². The van der Waals surface area contributed by atoms with E-state index in [1.807, 2.05) is 7.05 Å². The van der Waals surface area contributed by atoms with Crippen molar-refractivity contribution >= 4 is 46.6 Å². The third-order valence-corrected chi connectivity index (χ3v) is 6.74. The van der Waals surface area contributed by atoms with E-state index >= 15 is 0 Å². The lowest BCUT2D eigenvalue weighted by Crippen LogP contribution is -2.53. The molecule has 172 valence electrons. The molecule has 2 fully saturated rings. The molecule has 1 aromatic rings. The first-order valence-corrected chi connectivity index (χ1v) is 11.9. The van der Waals surface area contributed by atoms with Gasteiger partial charge in [-0.05, 0) is 12.5 Å². The van der Waals surface area contributed by atoms with Crippen LogP contribution in [0.25, 0.3) is 0 Å². The van der Waals surface area contributed by atoms with Gasteiger partial charge in [-0.1, -0.05) is 20.8 Å². The van der Waals surface area contributed by atoms with Crippen molar-refractivity contribution in [3.05, 3.63) is 5.82 Å². The molecular formula is C20H39IN8S. The van der Waals surface area contributed by atoms with E-state index in [-0.39, 0.29) is 24.0 Å². The van der Waals surface area contributed by atoms with Gasteiger partial charge in [-0.3, -0.25) is 4.99 Å². The average Bonchev–Trinajstić information content (AvgIpc) is 3.24. The van der Waals surface area contributed by atoms with Crippen LogP contribution in [0.1, 0.15) is 26.6 Å². The first kappa shape index (κ1) is 25.5. The third kappa shape index (κ3) is 7.16. The highest BCUT2D eigenvalue weighted by Crippen LogP contribution is 2.19. The molecule has 3 rings (SSSR count).